The van der Waals surface area contributed by atoms with Crippen molar-refractivity contribution in [1.82, 2.24) is 0 Å². The molecule has 0 aromatic heterocycles. The monoisotopic (exact) mass is 191 g/mol. The molecule has 0 aliphatic heterocycles. The van der Waals surface area contributed by atoms with Gasteiger partial charge < -0.3 is 10.5 Å². The molecule has 0 heterocycles. The highest BCUT2D eigenvalue weighted by Crippen LogP contribution is 2.20. The third kappa shape index (κ3) is 2.36. The molecule has 0 saturated heterocycles. The molecule has 1 aromatic rings. The molecule has 0 aliphatic rings. The predicted octanol–water partition coefficient (Wildman–Crippen LogP) is 2.46. The summed E-state index contributed by atoms with van der Waals surface area (Å²) in [4.78, 5) is 0. The van der Waals surface area contributed by atoms with Crippen LogP contribution in [0.5, 0.6) is 0 Å². The standard InChI is InChI=1S/C12H17NO/c1-4-14-10(3)12-7-9(2)5-6-11(12)8-13/h5-7H,3-4,8,13H2,1-2H3. The van der Waals surface area contributed by atoms with Gasteiger partial charge in [0.2, 0.25) is 0 Å². The SMILES string of the molecule is C=C(OCC)c1cc(C)ccc1CN. The van der Waals surface area contributed by atoms with Crippen LogP contribution in [0.15, 0.2) is 24.8 Å². The Kier molecular flexibility index (Phi) is 3.72. The van der Waals surface area contributed by atoms with Crippen LogP contribution in [0.2, 0.25) is 0 Å². The van der Waals surface area contributed by atoms with E-state index in [-0.39, 0.29) is 0 Å². The first-order valence-electron chi connectivity index (χ1n) is 4.80. The zero-order valence-electron chi connectivity index (χ0n) is 8.84. The summed E-state index contributed by atoms with van der Waals surface area (Å²) in [5, 5.41) is 0. The van der Waals surface area contributed by atoms with Crippen molar-refractivity contribution in [3.63, 3.8) is 0 Å². The van der Waals surface area contributed by atoms with Gasteiger partial charge in [-0.2, -0.15) is 0 Å². The molecular formula is C12H17NO. The van der Waals surface area contributed by atoms with Gasteiger partial charge in [-0.1, -0.05) is 24.3 Å². The predicted molar refractivity (Wildman–Crippen MR) is 59.7 cm³/mol. The van der Waals surface area contributed by atoms with E-state index in [9.17, 15) is 0 Å². The molecular weight excluding hydrogens is 174 g/mol. The van der Waals surface area contributed by atoms with Crippen molar-refractivity contribution in [3.05, 3.63) is 41.5 Å². The minimum atomic E-state index is 0.516. The van der Waals surface area contributed by atoms with Gasteiger partial charge >= 0.3 is 0 Å². The molecule has 0 aliphatic carbocycles. The molecule has 1 rings (SSSR count). The van der Waals surface area contributed by atoms with Gasteiger partial charge in [-0.15, -0.1) is 0 Å². The first-order valence-corrected chi connectivity index (χ1v) is 4.80. The second kappa shape index (κ2) is 4.82. The molecule has 0 fully saturated rings. The minimum Gasteiger partial charge on any atom is -0.494 e. The van der Waals surface area contributed by atoms with Crippen LogP contribution in [0.3, 0.4) is 0 Å². The Labute approximate surface area is 85.4 Å². The van der Waals surface area contributed by atoms with Crippen molar-refractivity contribution < 1.29 is 4.74 Å². The zero-order chi connectivity index (χ0) is 10.6. The molecule has 2 nitrogen and oxygen atoms in total. The molecule has 0 spiro atoms. The summed E-state index contributed by atoms with van der Waals surface area (Å²) in [5.74, 6) is 0.705. The van der Waals surface area contributed by atoms with E-state index in [0.717, 1.165) is 11.1 Å². The molecule has 14 heavy (non-hydrogen) atoms. The molecule has 76 valence electrons. The lowest BCUT2D eigenvalue weighted by Gasteiger charge is -2.11. The minimum absolute atomic E-state index is 0.516. The maximum atomic E-state index is 5.64. The lowest BCUT2D eigenvalue weighted by Crippen LogP contribution is -2.02. The quantitative estimate of drug-likeness (QED) is 0.742. The zero-order valence-corrected chi connectivity index (χ0v) is 8.84. The molecule has 2 heteroatoms. The van der Waals surface area contributed by atoms with Gasteiger partial charge in [-0.05, 0) is 25.5 Å². The first-order chi connectivity index (χ1) is 6.69. The van der Waals surface area contributed by atoms with Gasteiger partial charge in [0.05, 0.1) is 6.61 Å². The van der Waals surface area contributed by atoms with E-state index < -0.39 is 0 Å². The lowest BCUT2D eigenvalue weighted by molar-refractivity contribution is 0.299. The van der Waals surface area contributed by atoms with E-state index in [0.29, 0.717) is 18.9 Å². The van der Waals surface area contributed by atoms with Crippen LogP contribution in [0.25, 0.3) is 5.76 Å². The van der Waals surface area contributed by atoms with Crippen LogP contribution < -0.4 is 5.73 Å². The van der Waals surface area contributed by atoms with Crippen molar-refractivity contribution in [3.8, 4) is 0 Å². The Bertz CT molecular complexity index is 331. The van der Waals surface area contributed by atoms with Crippen LogP contribution in [0, 0.1) is 6.92 Å². The van der Waals surface area contributed by atoms with Gasteiger partial charge in [0.25, 0.3) is 0 Å². The van der Waals surface area contributed by atoms with Crippen LogP contribution in [0.1, 0.15) is 23.6 Å². The summed E-state index contributed by atoms with van der Waals surface area (Å²) in [7, 11) is 0. The second-order valence-corrected chi connectivity index (χ2v) is 3.22. The number of aryl methyl sites for hydroxylation is 1. The van der Waals surface area contributed by atoms with Crippen LogP contribution in [-0.4, -0.2) is 6.61 Å². The highest BCUT2D eigenvalue weighted by atomic mass is 16.5. The van der Waals surface area contributed by atoms with E-state index >= 15 is 0 Å². The van der Waals surface area contributed by atoms with Crippen LogP contribution >= 0.6 is 0 Å². The van der Waals surface area contributed by atoms with E-state index in [1.54, 1.807) is 0 Å². The molecule has 1 aromatic carbocycles. The van der Waals surface area contributed by atoms with Gasteiger partial charge in [-0.25, -0.2) is 0 Å². The summed E-state index contributed by atoms with van der Waals surface area (Å²) >= 11 is 0. The third-order valence-electron chi connectivity index (χ3n) is 2.10. The second-order valence-electron chi connectivity index (χ2n) is 3.22. The van der Waals surface area contributed by atoms with E-state index in [2.05, 4.69) is 12.6 Å². The van der Waals surface area contributed by atoms with Gasteiger partial charge in [-0.3, -0.25) is 0 Å². The fourth-order valence-corrected chi connectivity index (χ4v) is 1.38. The molecule has 0 amide bonds. The number of rotatable bonds is 4. The van der Waals surface area contributed by atoms with Gasteiger partial charge in [0.1, 0.15) is 5.76 Å². The lowest BCUT2D eigenvalue weighted by atomic mass is 10.0. The fraction of sp³-hybridized carbons (Fsp3) is 0.333. The normalized spacial score (nSPS) is 9.93. The molecule has 0 bridgehead atoms. The number of nitrogens with two attached hydrogens (primary N) is 1. The number of hydrogen-bond acceptors (Lipinski definition) is 2. The van der Waals surface area contributed by atoms with Crippen molar-refractivity contribution >= 4 is 5.76 Å². The van der Waals surface area contributed by atoms with Gasteiger partial charge in [0.15, 0.2) is 0 Å². The maximum Gasteiger partial charge on any atom is 0.119 e. The summed E-state index contributed by atoms with van der Waals surface area (Å²) in [6.45, 7) is 9.03. The largest absolute Gasteiger partial charge is 0.494 e. The Morgan fingerprint density at radius 1 is 1.50 bits per heavy atom. The summed E-state index contributed by atoms with van der Waals surface area (Å²) in [5.41, 5.74) is 8.93. The third-order valence-corrected chi connectivity index (χ3v) is 2.10. The van der Waals surface area contributed by atoms with Crippen LogP contribution in [-0.2, 0) is 11.3 Å². The molecule has 0 radical (unpaired) electrons. The summed E-state index contributed by atoms with van der Waals surface area (Å²) < 4.78 is 5.38. The first kappa shape index (κ1) is 10.8. The van der Waals surface area contributed by atoms with Crippen LogP contribution in [0.4, 0.5) is 0 Å². The highest BCUT2D eigenvalue weighted by molar-refractivity contribution is 5.61. The highest BCUT2D eigenvalue weighted by Gasteiger charge is 2.05. The van der Waals surface area contributed by atoms with E-state index in [1.165, 1.54) is 5.56 Å². The number of ether oxygens (including phenoxy) is 1. The molecule has 0 unspecified atom stereocenters. The number of benzene rings is 1. The van der Waals surface area contributed by atoms with Crippen molar-refractivity contribution in [2.45, 2.75) is 20.4 Å². The smallest absolute Gasteiger partial charge is 0.119 e. The summed E-state index contributed by atoms with van der Waals surface area (Å²) in [6.07, 6.45) is 0. The Balaban J connectivity index is 3.03. The Morgan fingerprint density at radius 2 is 2.21 bits per heavy atom. The summed E-state index contributed by atoms with van der Waals surface area (Å²) in [6, 6.07) is 6.12. The van der Waals surface area contributed by atoms with Gasteiger partial charge in [0, 0.05) is 12.1 Å². The average molecular weight is 191 g/mol. The maximum absolute atomic E-state index is 5.64. The van der Waals surface area contributed by atoms with Crippen molar-refractivity contribution in [1.29, 1.82) is 0 Å². The van der Waals surface area contributed by atoms with E-state index in [4.69, 9.17) is 10.5 Å². The average Bonchev–Trinajstić information content (AvgIpc) is 2.18. The Morgan fingerprint density at radius 3 is 2.79 bits per heavy atom. The molecule has 0 atom stereocenters. The Hall–Kier alpha value is -1.28. The fourth-order valence-electron chi connectivity index (χ4n) is 1.38. The number of hydrogen-bond donors (Lipinski definition) is 1. The van der Waals surface area contributed by atoms with Crippen molar-refractivity contribution in [2.75, 3.05) is 6.61 Å². The van der Waals surface area contributed by atoms with Crippen molar-refractivity contribution in [2.24, 2.45) is 5.73 Å². The molecule has 0 saturated carbocycles. The van der Waals surface area contributed by atoms with E-state index in [1.807, 2.05) is 26.0 Å². The molecule has 2 N–H and O–H groups in total. The topological polar surface area (TPSA) is 35.2 Å².